The molecule has 0 bridgehead atoms. The van der Waals surface area contributed by atoms with Crippen LogP contribution in [-0.4, -0.2) is 33.1 Å². The van der Waals surface area contributed by atoms with Gasteiger partial charge < -0.3 is 10.2 Å². The fourth-order valence-electron chi connectivity index (χ4n) is 0.257. The molecule has 0 radical (unpaired) electrons. The molecule has 2 N–H and O–H groups in total. The third kappa shape index (κ3) is 2.42. The van der Waals surface area contributed by atoms with Gasteiger partial charge in [0.1, 0.15) is 5.66 Å². The van der Waals surface area contributed by atoms with Gasteiger partial charge in [0.2, 0.25) is 0 Å². The highest BCUT2D eigenvalue weighted by Crippen LogP contribution is 2.04. The zero-order valence-corrected chi connectivity index (χ0v) is 7.02. The summed E-state index contributed by atoms with van der Waals surface area (Å²) in [6.45, 7) is 0. The molecule has 0 aliphatic heterocycles. The normalized spacial score (nSPS) is 12.1. The monoisotopic (exact) mass is 180 g/mol. The number of aliphatic carboxylic acids is 2. The van der Waals surface area contributed by atoms with Gasteiger partial charge in [-0.15, -0.1) is 18.1 Å². The summed E-state index contributed by atoms with van der Waals surface area (Å²) < 4.78 is 0. The minimum absolute atomic E-state index is 0.280. The Labute approximate surface area is 61.7 Å². The van der Waals surface area contributed by atoms with E-state index in [1.165, 1.54) is 0 Å². The Hall–Kier alpha value is -0.460. The van der Waals surface area contributed by atoms with Crippen LogP contribution in [0.4, 0.5) is 0 Å². The van der Waals surface area contributed by atoms with Crippen LogP contribution in [0.5, 0.6) is 0 Å². The van der Waals surface area contributed by atoms with E-state index in [0.717, 1.165) is 0 Å². The van der Waals surface area contributed by atoms with Crippen LogP contribution < -0.4 is 0 Å². The van der Waals surface area contributed by atoms with E-state index in [1.807, 2.05) is 9.24 Å². The Morgan fingerprint density at radius 2 is 1.80 bits per heavy atom. The number of hydrogen-bond donors (Lipinski definition) is 2. The Balaban J connectivity index is 4.22. The van der Waals surface area contributed by atoms with E-state index < -0.39 is 17.6 Å². The Kier molecular flexibility index (Phi) is 3.48. The maximum atomic E-state index is 10.1. The van der Waals surface area contributed by atoms with Crippen molar-refractivity contribution in [1.29, 1.82) is 0 Å². The second-order valence-electron chi connectivity index (χ2n) is 1.53. The minimum atomic E-state index is -1.26. The molecule has 0 saturated carbocycles. The van der Waals surface area contributed by atoms with Gasteiger partial charge in [-0.1, -0.05) is 0 Å². The Morgan fingerprint density at radius 1 is 1.40 bits per heavy atom. The van der Waals surface area contributed by atoms with E-state index in [-0.39, 0.29) is 5.29 Å². The minimum Gasteiger partial charge on any atom is -0.481 e. The van der Waals surface area contributed by atoms with Crippen LogP contribution in [0.25, 0.3) is 0 Å². The molecule has 0 aromatic carbocycles. The molecule has 6 heteroatoms. The van der Waals surface area contributed by atoms with Gasteiger partial charge in [-0.05, 0) is 0 Å². The number of carboxylic acid groups (broad SMARTS) is 2. The zero-order chi connectivity index (χ0) is 8.31. The summed E-state index contributed by atoms with van der Waals surface area (Å²) in [6.07, 6.45) is 0. The van der Waals surface area contributed by atoms with Gasteiger partial charge >= 0.3 is 11.9 Å². The molecule has 0 amide bonds. The first kappa shape index (κ1) is 9.54. The highest BCUT2D eigenvalue weighted by Gasteiger charge is 2.20. The highest BCUT2D eigenvalue weighted by molar-refractivity contribution is 7.33. The molecule has 10 heavy (non-hydrogen) atoms. The van der Waals surface area contributed by atoms with Gasteiger partial charge in [-0.2, -0.15) is 0 Å². The van der Waals surface area contributed by atoms with E-state index in [4.69, 9.17) is 10.2 Å². The summed E-state index contributed by atoms with van der Waals surface area (Å²) in [5.41, 5.74) is -1.07. The quantitative estimate of drug-likeness (QED) is 0.585. The fraction of sp³-hybridized carbons (Fsp3) is 0.250. The van der Waals surface area contributed by atoms with Crippen molar-refractivity contribution in [3.63, 3.8) is 0 Å². The largest absolute Gasteiger partial charge is 0.481 e. The van der Waals surface area contributed by atoms with E-state index in [2.05, 4.69) is 8.86 Å². The molecule has 0 spiro atoms. The van der Waals surface area contributed by atoms with Crippen molar-refractivity contribution in [2.75, 3.05) is 0 Å². The van der Waals surface area contributed by atoms with Gasteiger partial charge in [0.25, 0.3) is 0 Å². The maximum Gasteiger partial charge on any atom is 0.336 e. The molecule has 2 atom stereocenters. The number of carbonyl (C=O) groups is 2. The third-order valence-electron chi connectivity index (χ3n) is 0.807. The fourth-order valence-corrected chi connectivity index (χ4v) is 0.523. The van der Waals surface area contributed by atoms with Crippen LogP contribution in [0, 0.1) is 0 Å². The van der Waals surface area contributed by atoms with Crippen molar-refractivity contribution >= 4 is 35.3 Å². The van der Waals surface area contributed by atoms with Crippen LogP contribution in [0.2, 0.25) is 0 Å². The molecule has 0 saturated heterocycles. The van der Waals surface area contributed by atoms with Gasteiger partial charge in [-0.3, -0.25) is 4.79 Å². The summed E-state index contributed by atoms with van der Waals surface area (Å²) in [5, 5.41) is 16.2. The first-order valence-electron chi connectivity index (χ1n) is 2.27. The van der Waals surface area contributed by atoms with E-state index >= 15 is 0 Å². The lowest BCUT2D eigenvalue weighted by Crippen LogP contribution is -2.27. The summed E-state index contributed by atoms with van der Waals surface area (Å²) in [6, 6.07) is 0. The molecule has 0 rings (SSSR count). The molecule has 0 heterocycles. The Morgan fingerprint density at radius 3 is 1.90 bits per heavy atom. The van der Waals surface area contributed by atoms with E-state index in [1.54, 1.807) is 0 Å². The molecular formula is C4H6O4P2. The SMILES string of the molecule is O=C(O)C(=P)C(P)C(=O)O. The van der Waals surface area contributed by atoms with Crippen LogP contribution in [0.1, 0.15) is 0 Å². The predicted molar refractivity (Wildman–Crippen MR) is 42.1 cm³/mol. The predicted octanol–water partition coefficient (Wildman–Crippen LogP) is -0.286. The summed E-state index contributed by atoms with van der Waals surface area (Å²) in [5.74, 6) is -2.46. The van der Waals surface area contributed by atoms with Crippen molar-refractivity contribution in [1.82, 2.24) is 0 Å². The topological polar surface area (TPSA) is 74.6 Å². The standard InChI is InChI=1S/C4H6O4P2/c5-3(6)1(9)2(10)4(7)8/h1,10H,9H2,(H,5,6)(H,7,8). The maximum absolute atomic E-state index is 10.1. The molecule has 0 aromatic heterocycles. The lowest BCUT2D eigenvalue weighted by molar-refractivity contribution is -0.136. The average molecular weight is 180 g/mol. The van der Waals surface area contributed by atoms with Crippen molar-refractivity contribution in [3.8, 4) is 0 Å². The summed E-state index contributed by atoms with van der Waals surface area (Å²) in [7, 11) is 4.56. The van der Waals surface area contributed by atoms with Crippen molar-refractivity contribution in [2.24, 2.45) is 0 Å². The number of carboxylic acids is 2. The average Bonchev–Trinajstić information content (AvgIpc) is 1.84. The molecule has 0 aliphatic carbocycles. The van der Waals surface area contributed by atoms with Crippen LogP contribution >= 0.6 is 18.1 Å². The first-order chi connectivity index (χ1) is 4.46. The molecule has 4 nitrogen and oxygen atoms in total. The van der Waals surface area contributed by atoms with Crippen molar-refractivity contribution in [3.05, 3.63) is 0 Å². The van der Waals surface area contributed by atoms with E-state index in [0.29, 0.717) is 0 Å². The third-order valence-corrected chi connectivity index (χ3v) is 2.28. The van der Waals surface area contributed by atoms with Crippen LogP contribution in [0.15, 0.2) is 0 Å². The molecule has 2 unspecified atom stereocenters. The van der Waals surface area contributed by atoms with Gasteiger partial charge in [0, 0.05) is 0 Å². The second kappa shape index (κ2) is 3.65. The van der Waals surface area contributed by atoms with Gasteiger partial charge in [0.15, 0.2) is 0 Å². The molecule has 0 aliphatic rings. The van der Waals surface area contributed by atoms with Crippen molar-refractivity contribution < 1.29 is 19.8 Å². The van der Waals surface area contributed by atoms with Crippen molar-refractivity contribution in [2.45, 2.75) is 5.66 Å². The van der Waals surface area contributed by atoms with Crippen LogP contribution in [-0.2, 0) is 9.59 Å². The van der Waals surface area contributed by atoms with Gasteiger partial charge in [0.05, 0.1) is 5.29 Å². The first-order valence-corrected chi connectivity index (χ1v) is 3.43. The number of hydrogen-bond acceptors (Lipinski definition) is 2. The summed E-state index contributed by atoms with van der Waals surface area (Å²) >= 11 is 0. The Bertz CT molecular complexity index is 188. The lowest BCUT2D eigenvalue weighted by atomic mass is 10.3. The van der Waals surface area contributed by atoms with E-state index in [9.17, 15) is 9.59 Å². The van der Waals surface area contributed by atoms with Gasteiger partial charge in [-0.25, -0.2) is 4.79 Å². The second-order valence-corrected chi connectivity index (χ2v) is 2.74. The smallest absolute Gasteiger partial charge is 0.336 e. The highest BCUT2D eigenvalue weighted by atomic mass is 31.0. The molecular weight excluding hydrogens is 174 g/mol. The summed E-state index contributed by atoms with van der Waals surface area (Å²) in [4.78, 5) is 20.2. The molecule has 56 valence electrons. The number of rotatable bonds is 3. The van der Waals surface area contributed by atoms with Crippen LogP contribution in [0.3, 0.4) is 0 Å². The zero-order valence-electron chi connectivity index (χ0n) is 4.87. The molecule has 0 fully saturated rings. The lowest BCUT2D eigenvalue weighted by Gasteiger charge is -2.02. The molecule has 0 aromatic rings.